The van der Waals surface area contributed by atoms with Gasteiger partial charge in [0.05, 0.1) is 19.1 Å². The third kappa shape index (κ3) is 3.83. The molecule has 1 N–H and O–H groups in total. The maximum absolute atomic E-state index is 11.7. The zero-order valence-corrected chi connectivity index (χ0v) is 13.2. The van der Waals surface area contributed by atoms with Crippen molar-refractivity contribution in [1.29, 1.82) is 0 Å². The van der Waals surface area contributed by atoms with Gasteiger partial charge in [-0.05, 0) is 24.3 Å². The van der Waals surface area contributed by atoms with E-state index >= 15 is 0 Å². The van der Waals surface area contributed by atoms with Gasteiger partial charge in [0.15, 0.2) is 0 Å². The van der Waals surface area contributed by atoms with E-state index in [2.05, 4.69) is 9.47 Å². The minimum absolute atomic E-state index is 0.104. The molecular weight excluding hydrogens is 334 g/mol. The summed E-state index contributed by atoms with van der Waals surface area (Å²) in [7, 11) is 2.26. The minimum atomic E-state index is -0.891. The molecule has 0 unspecified atom stereocenters. The largest absolute Gasteiger partial charge is 0.507 e. The normalized spacial score (nSPS) is 10.0. The fraction of sp³-hybridized carbons (Fsp3) is 0.125. The number of methoxy groups -OCH3 is 2. The van der Waals surface area contributed by atoms with Gasteiger partial charge in [0.2, 0.25) is 0 Å². The number of carbonyl (C=O) groups is 2. The highest BCUT2D eigenvalue weighted by atomic mass is 16.6. The highest BCUT2D eigenvalue weighted by Crippen LogP contribution is 2.30. The number of nitro benzene ring substituents is 1. The zero-order chi connectivity index (χ0) is 18.6. The van der Waals surface area contributed by atoms with Crippen LogP contribution in [0.3, 0.4) is 0 Å². The molecule has 130 valence electrons. The van der Waals surface area contributed by atoms with Crippen LogP contribution in [0.15, 0.2) is 36.4 Å². The monoisotopic (exact) mass is 347 g/mol. The first-order chi connectivity index (χ1) is 11.9. The van der Waals surface area contributed by atoms with Gasteiger partial charge in [0, 0.05) is 12.1 Å². The van der Waals surface area contributed by atoms with Gasteiger partial charge < -0.3 is 19.3 Å². The lowest BCUT2D eigenvalue weighted by Gasteiger charge is -2.09. The molecule has 0 aromatic heterocycles. The molecular formula is C16H13NO8. The number of hydrogen-bond donors (Lipinski definition) is 1. The Bertz CT molecular complexity index is 846. The minimum Gasteiger partial charge on any atom is -0.507 e. The highest BCUT2D eigenvalue weighted by molar-refractivity contribution is 5.94. The zero-order valence-electron chi connectivity index (χ0n) is 13.2. The average molecular weight is 347 g/mol. The second kappa shape index (κ2) is 7.30. The van der Waals surface area contributed by atoms with E-state index in [1.165, 1.54) is 24.3 Å². The van der Waals surface area contributed by atoms with Crippen LogP contribution in [-0.4, -0.2) is 36.2 Å². The number of hydrogen-bond acceptors (Lipinski definition) is 8. The second-order valence-corrected chi connectivity index (χ2v) is 4.70. The molecule has 0 heterocycles. The molecule has 0 bridgehead atoms. The van der Waals surface area contributed by atoms with Gasteiger partial charge in [0.1, 0.15) is 28.4 Å². The maximum atomic E-state index is 11.7. The molecule has 0 fully saturated rings. The summed E-state index contributed by atoms with van der Waals surface area (Å²) in [5, 5.41) is 20.6. The number of rotatable bonds is 5. The van der Waals surface area contributed by atoms with Gasteiger partial charge in [-0.25, -0.2) is 9.59 Å². The van der Waals surface area contributed by atoms with Crippen LogP contribution in [0.25, 0.3) is 0 Å². The molecule has 0 saturated heterocycles. The van der Waals surface area contributed by atoms with E-state index in [0.29, 0.717) is 0 Å². The number of phenols is 1. The number of esters is 2. The lowest BCUT2D eigenvalue weighted by atomic mass is 10.1. The van der Waals surface area contributed by atoms with Crippen molar-refractivity contribution in [3.63, 3.8) is 0 Å². The standard InChI is InChI=1S/C16H13NO8/c1-23-15(19)11-7-9(3-5-13(11)17(21)22)25-10-4-6-14(18)12(8-10)16(20)24-2/h3-8,18H,1-2H3. The van der Waals surface area contributed by atoms with Gasteiger partial charge >= 0.3 is 11.9 Å². The van der Waals surface area contributed by atoms with E-state index in [-0.39, 0.29) is 28.4 Å². The van der Waals surface area contributed by atoms with Gasteiger partial charge in [-0.15, -0.1) is 0 Å². The van der Waals surface area contributed by atoms with Crippen molar-refractivity contribution in [3.05, 3.63) is 57.6 Å². The fourth-order valence-corrected chi connectivity index (χ4v) is 2.00. The van der Waals surface area contributed by atoms with E-state index in [9.17, 15) is 24.8 Å². The number of benzene rings is 2. The molecule has 9 heteroatoms. The van der Waals surface area contributed by atoms with Crippen LogP contribution < -0.4 is 4.74 Å². The first kappa shape index (κ1) is 17.7. The van der Waals surface area contributed by atoms with Crippen LogP contribution in [0.5, 0.6) is 17.2 Å². The Morgan fingerprint density at radius 3 is 2.04 bits per heavy atom. The van der Waals surface area contributed by atoms with E-state index < -0.39 is 22.5 Å². The van der Waals surface area contributed by atoms with Gasteiger partial charge in [-0.3, -0.25) is 10.1 Å². The predicted octanol–water partition coefficient (Wildman–Crippen LogP) is 2.67. The Balaban J connectivity index is 2.39. The molecule has 2 aromatic rings. The van der Waals surface area contributed by atoms with Crippen LogP contribution in [0.2, 0.25) is 0 Å². The van der Waals surface area contributed by atoms with Crippen LogP contribution in [-0.2, 0) is 9.47 Å². The van der Waals surface area contributed by atoms with Gasteiger partial charge in [-0.1, -0.05) is 0 Å². The summed E-state index contributed by atoms with van der Waals surface area (Å²) in [6.07, 6.45) is 0. The van der Waals surface area contributed by atoms with Gasteiger partial charge in [0.25, 0.3) is 5.69 Å². The van der Waals surface area contributed by atoms with Crippen molar-refractivity contribution >= 4 is 17.6 Å². The summed E-state index contributed by atoms with van der Waals surface area (Å²) in [5.74, 6) is -1.69. The lowest BCUT2D eigenvalue weighted by molar-refractivity contribution is -0.385. The number of nitrogens with zero attached hydrogens (tertiary/aromatic N) is 1. The molecule has 2 aromatic carbocycles. The van der Waals surface area contributed by atoms with E-state index in [4.69, 9.17) is 4.74 Å². The summed E-state index contributed by atoms with van der Waals surface area (Å²) < 4.78 is 14.5. The van der Waals surface area contributed by atoms with Crippen molar-refractivity contribution in [3.8, 4) is 17.2 Å². The number of ether oxygens (including phenoxy) is 3. The average Bonchev–Trinajstić information content (AvgIpc) is 2.61. The first-order valence-corrected chi connectivity index (χ1v) is 6.83. The molecule has 0 aliphatic heterocycles. The van der Waals surface area contributed by atoms with Crippen LogP contribution in [0.4, 0.5) is 5.69 Å². The van der Waals surface area contributed by atoms with Crippen molar-refractivity contribution in [2.75, 3.05) is 14.2 Å². The number of phenolic OH excluding ortho intramolecular Hbond substituents is 1. The lowest BCUT2D eigenvalue weighted by Crippen LogP contribution is -2.06. The Labute approximate surface area is 141 Å². The van der Waals surface area contributed by atoms with E-state index in [1.54, 1.807) is 0 Å². The van der Waals surface area contributed by atoms with Crippen LogP contribution in [0, 0.1) is 10.1 Å². The van der Waals surface area contributed by atoms with Crippen LogP contribution in [0.1, 0.15) is 20.7 Å². The van der Waals surface area contributed by atoms with E-state index in [1.807, 2.05) is 0 Å². The van der Waals surface area contributed by atoms with Crippen molar-refractivity contribution in [2.24, 2.45) is 0 Å². The summed E-state index contributed by atoms with van der Waals surface area (Å²) in [4.78, 5) is 33.5. The molecule has 0 aliphatic rings. The Kier molecular flexibility index (Phi) is 5.18. The summed E-state index contributed by atoms with van der Waals surface area (Å²) in [6.45, 7) is 0. The molecule has 0 saturated carbocycles. The third-order valence-electron chi connectivity index (χ3n) is 3.18. The Morgan fingerprint density at radius 2 is 1.48 bits per heavy atom. The molecule has 25 heavy (non-hydrogen) atoms. The number of carbonyl (C=O) groups excluding carboxylic acids is 2. The summed E-state index contributed by atoms with van der Waals surface area (Å²) in [5.41, 5.74) is -0.827. The van der Waals surface area contributed by atoms with E-state index in [0.717, 1.165) is 26.4 Å². The SMILES string of the molecule is COC(=O)c1cc(Oc2ccc([N+](=O)[O-])c(C(=O)OC)c2)ccc1O. The molecule has 9 nitrogen and oxygen atoms in total. The molecule has 0 spiro atoms. The highest BCUT2D eigenvalue weighted by Gasteiger charge is 2.22. The first-order valence-electron chi connectivity index (χ1n) is 6.83. The molecule has 0 amide bonds. The Morgan fingerprint density at radius 1 is 0.960 bits per heavy atom. The van der Waals surface area contributed by atoms with Crippen molar-refractivity contribution < 1.29 is 33.8 Å². The fourth-order valence-electron chi connectivity index (χ4n) is 2.00. The van der Waals surface area contributed by atoms with Crippen molar-refractivity contribution in [2.45, 2.75) is 0 Å². The third-order valence-corrected chi connectivity index (χ3v) is 3.18. The number of nitro groups is 1. The quantitative estimate of drug-likeness (QED) is 0.497. The topological polar surface area (TPSA) is 125 Å². The van der Waals surface area contributed by atoms with Crippen molar-refractivity contribution in [1.82, 2.24) is 0 Å². The molecule has 0 radical (unpaired) electrons. The second-order valence-electron chi connectivity index (χ2n) is 4.70. The summed E-state index contributed by atoms with van der Waals surface area (Å²) in [6, 6.07) is 7.38. The van der Waals surface area contributed by atoms with Gasteiger partial charge in [-0.2, -0.15) is 0 Å². The molecule has 0 atom stereocenters. The number of aromatic hydroxyl groups is 1. The maximum Gasteiger partial charge on any atom is 0.345 e. The molecule has 0 aliphatic carbocycles. The predicted molar refractivity (Wildman–Crippen MR) is 84.0 cm³/mol. The smallest absolute Gasteiger partial charge is 0.345 e. The Hall–Kier alpha value is -3.62. The van der Waals surface area contributed by atoms with Crippen LogP contribution >= 0.6 is 0 Å². The molecule has 2 rings (SSSR count). The summed E-state index contributed by atoms with van der Waals surface area (Å²) >= 11 is 0.